The van der Waals surface area contributed by atoms with Gasteiger partial charge in [-0.2, -0.15) is 43.9 Å². The third-order valence-corrected chi connectivity index (χ3v) is 14.7. The summed E-state index contributed by atoms with van der Waals surface area (Å²) < 4.78 is 295. The molecule has 4 rings (SSSR count). The Balaban J connectivity index is 1.78. The molecule has 4 unspecified atom stereocenters. The fourth-order valence-electron chi connectivity index (χ4n) is 7.86. The van der Waals surface area contributed by atoms with Crippen LogP contribution in [0, 0.1) is 0 Å². The van der Waals surface area contributed by atoms with Crippen molar-refractivity contribution in [1.82, 2.24) is 0 Å². The number of rotatable bonds is 25. The number of hydrogen-bond acceptors (Lipinski definition) is 4. The lowest BCUT2D eigenvalue weighted by Crippen LogP contribution is -2.48. The van der Waals surface area contributed by atoms with Crippen molar-refractivity contribution in [2.45, 2.75) is 165 Å². The Hall–Kier alpha value is -5.27. The van der Waals surface area contributed by atoms with Gasteiger partial charge in [-0.3, -0.25) is 0 Å². The smallest absolute Gasteiger partial charge is 0.419 e. The van der Waals surface area contributed by atoms with E-state index in [0.29, 0.717) is 59.7 Å². The Morgan fingerprint density at radius 2 is 0.688 bits per heavy atom. The molecule has 0 amide bonds. The molecule has 0 saturated heterocycles. The maximum atomic E-state index is 16.4. The van der Waals surface area contributed by atoms with Gasteiger partial charge in [-0.05, 0) is 70.8 Å². The average molecular weight is 1200 g/mol. The van der Waals surface area contributed by atoms with Crippen molar-refractivity contribution in [3.8, 4) is 23.0 Å². The molecule has 4 aromatic carbocycles. The molecule has 80 heavy (non-hydrogen) atoms. The third-order valence-electron chi connectivity index (χ3n) is 12.7. The minimum absolute atomic E-state index is 0.250. The van der Waals surface area contributed by atoms with Gasteiger partial charge in [-0.15, -0.1) is 0 Å². The maximum Gasteiger partial charge on any atom is 0.419 e. The molecule has 0 N–H and O–H groups in total. The summed E-state index contributed by atoms with van der Waals surface area (Å²) in [6, 6.07) is 20.7. The zero-order valence-corrected chi connectivity index (χ0v) is 47.8. The first kappa shape index (κ1) is 67.2. The van der Waals surface area contributed by atoms with Crippen molar-refractivity contribution in [1.29, 1.82) is 0 Å². The van der Waals surface area contributed by atoms with Crippen LogP contribution in [-0.4, -0.2) is 89.3 Å². The van der Waals surface area contributed by atoms with Gasteiger partial charge in [0.25, 0.3) is 11.8 Å². The van der Waals surface area contributed by atoms with Crippen molar-refractivity contribution in [2.75, 3.05) is 12.5 Å². The van der Waals surface area contributed by atoms with Crippen LogP contribution in [0.4, 0.5) is 79.0 Å². The van der Waals surface area contributed by atoms with E-state index in [1.807, 2.05) is 0 Å². The molecule has 0 aromatic heterocycles. The van der Waals surface area contributed by atoms with Crippen LogP contribution in [0.5, 0.6) is 23.0 Å². The number of hydrogen-bond donors (Lipinski definition) is 0. The first-order valence-electron chi connectivity index (χ1n) is 24.9. The van der Waals surface area contributed by atoms with E-state index in [0.717, 1.165) is 24.3 Å². The van der Waals surface area contributed by atoms with E-state index in [2.05, 4.69) is 44.0 Å². The molecule has 4 atom stereocenters. The standard InChI is InChI=1S/C56H64F18O4Si2/c1-13-52(63,64)47(77-39-26-18-35(19-27-39)49(2,3)33-14-22-37(23-15-33)75-31-79(7,8)9)42(56(72,73)74)44(58)46(60)53(65,66)30-54(67,68)48(41(55(69,70)71)43(57)45(59)51(6,61)62)78-40-28-20-36(21-29-40)50(4,5)34-16-24-38(25-17-34)76-32-80(10,11)12/h14-29,43-46H,13,30-32H2,1-12H3/b47-42+,48-41-. The number of benzene rings is 4. The highest BCUT2D eigenvalue weighted by molar-refractivity contribution is 6.76. The highest BCUT2D eigenvalue weighted by atomic mass is 28.3. The summed E-state index contributed by atoms with van der Waals surface area (Å²) in [5.41, 5.74) is -7.29. The van der Waals surface area contributed by atoms with Crippen LogP contribution in [0.2, 0.25) is 39.3 Å². The van der Waals surface area contributed by atoms with E-state index >= 15 is 39.5 Å². The summed E-state index contributed by atoms with van der Waals surface area (Å²) in [4.78, 5) is 0. The van der Waals surface area contributed by atoms with Crippen LogP contribution >= 0.6 is 0 Å². The molecule has 0 spiro atoms. The van der Waals surface area contributed by atoms with E-state index in [1.54, 1.807) is 76.2 Å². The molecule has 0 aliphatic carbocycles. The molecule has 24 heteroatoms. The van der Waals surface area contributed by atoms with Crippen LogP contribution in [-0.2, 0) is 10.8 Å². The van der Waals surface area contributed by atoms with E-state index < -0.39 is 142 Å². The molecular formula is C56H64F18O4Si2. The summed E-state index contributed by atoms with van der Waals surface area (Å²) in [6.07, 6.45) is -37.9. The average Bonchev–Trinajstić information content (AvgIpc) is 3.32. The summed E-state index contributed by atoms with van der Waals surface area (Å²) >= 11 is 0. The largest absolute Gasteiger partial charge is 0.497 e. The lowest BCUT2D eigenvalue weighted by molar-refractivity contribution is -0.168. The number of halogens is 18. The molecule has 0 bridgehead atoms. The highest BCUT2D eigenvalue weighted by Crippen LogP contribution is 2.50. The van der Waals surface area contributed by atoms with E-state index in [1.165, 1.54) is 12.1 Å². The quantitative estimate of drug-likeness (QED) is 0.0376. The lowest BCUT2D eigenvalue weighted by atomic mass is 9.78. The molecule has 0 aliphatic heterocycles. The van der Waals surface area contributed by atoms with Crippen molar-refractivity contribution < 1.29 is 98.0 Å². The van der Waals surface area contributed by atoms with E-state index in [4.69, 9.17) is 14.2 Å². The van der Waals surface area contributed by atoms with Crippen LogP contribution in [0.1, 0.15) is 76.6 Å². The predicted molar refractivity (Wildman–Crippen MR) is 275 cm³/mol. The zero-order chi connectivity index (χ0) is 61.2. The van der Waals surface area contributed by atoms with Crippen molar-refractivity contribution in [3.63, 3.8) is 0 Å². The van der Waals surface area contributed by atoms with Crippen LogP contribution in [0.25, 0.3) is 0 Å². The summed E-state index contributed by atoms with van der Waals surface area (Å²) in [5, 5.41) is 0. The SMILES string of the molecule is CCC(F)(F)/C(Oc1ccc(C(C)(C)c2ccc(OC[Si](C)(C)C)cc2)cc1)=C(/C(F)C(F)C(F)(F)CC(F)(F)/C(Oc1ccc(C(C)(C)c2ccc(OC[Si](C)(C)C)cc2)cc1)=C(\C(F)C(F)C(C)(F)F)C(F)(F)F)C(F)(F)F. The first-order chi connectivity index (χ1) is 36.2. The Labute approximate surface area is 455 Å². The van der Waals surface area contributed by atoms with Crippen LogP contribution in [0.15, 0.2) is 120 Å². The maximum absolute atomic E-state index is 16.4. The molecule has 446 valence electrons. The van der Waals surface area contributed by atoms with Gasteiger partial charge in [0.2, 0.25) is 0 Å². The van der Waals surface area contributed by atoms with Gasteiger partial charge in [0.05, 0.1) is 35.0 Å². The predicted octanol–water partition coefficient (Wildman–Crippen LogP) is 18.7. The molecule has 4 nitrogen and oxygen atoms in total. The molecule has 0 saturated carbocycles. The fraction of sp³-hybridized carbons (Fsp3) is 0.500. The topological polar surface area (TPSA) is 36.9 Å². The lowest BCUT2D eigenvalue weighted by Gasteiger charge is -2.33. The summed E-state index contributed by atoms with van der Waals surface area (Å²) in [6.45, 7) is 19.2. The second kappa shape index (κ2) is 24.3. The van der Waals surface area contributed by atoms with Gasteiger partial charge < -0.3 is 18.9 Å². The molecular weight excluding hydrogens is 1130 g/mol. The third kappa shape index (κ3) is 17.1. The van der Waals surface area contributed by atoms with Gasteiger partial charge in [0, 0.05) is 24.2 Å². The van der Waals surface area contributed by atoms with Crippen molar-refractivity contribution >= 4 is 16.1 Å². The Morgan fingerprint density at radius 1 is 0.412 bits per heavy atom. The van der Waals surface area contributed by atoms with Crippen LogP contribution < -0.4 is 18.9 Å². The van der Waals surface area contributed by atoms with Crippen LogP contribution in [0.3, 0.4) is 0 Å². The minimum atomic E-state index is -6.72. The number of alkyl halides is 18. The van der Waals surface area contributed by atoms with Gasteiger partial charge in [0.1, 0.15) is 34.1 Å². The Bertz CT molecular complexity index is 2740. The van der Waals surface area contributed by atoms with Crippen molar-refractivity contribution in [3.05, 3.63) is 142 Å². The Kier molecular flexibility index (Phi) is 20.4. The van der Waals surface area contributed by atoms with Gasteiger partial charge in [0.15, 0.2) is 36.2 Å². The minimum Gasteiger partial charge on any atom is -0.497 e. The number of ether oxygens (including phenoxy) is 4. The molecule has 0 aliphatic rings. The Morgan fingerprint density at radius 3 is 0.950 bits per heavy atom. The molecule has 4 aromatic rings. The van der Waals surface area contributed by atoms with E-state index in [-0.39, 0.29) is 5.56 Å². The van der Waals surface area contributed by atoms with Gasteiger partial charge in [-0.1, -0.05) is 122 Å². The number of allylic oxidation sites excluding steroid dienone is 4. The normalized spacial score (nSPS) is 16.0. The van der Waals surface area contributed by atoms with Crippen molar-refractivity contribution in [2.24, 2.45) is 0 Å². The zero-order valence-electron chi connectivity index (χ0n) is 45.8. The van der Waals surface area contributed by atoms with Gasteiger partial charge >= 0.3 is 24.2 Å². The monoisotopic (exact) mass is 1200 g/mol. The summed E-state index contributed by atoms with van der Waals surface area (Å²) in [7, 11) is -3.23. The second-order valence-corrected chi connectivity index (χ2v) is 33.8. The molecule has 0 fully saturated rings. The second-order valence-electron chi connectivity index (χ2n) is 23.0. The summed E-state index contributed by atoms with van der Waals surface area (Å²) in [5.74, 6) is -30.1. The molecule has 0 heterocycles. The van der Waals surface area contributed by atoms with Gasteiger partial charge in [-0.25, -0.2) is 35.1 Å². The first-order valence-corrected chi connectivity index (χ1v) is 32.3. The highest BCUT2D eigenvalue weighted by Gasteiger charge is 2.62. The van der Waals surface area contributed by atoms with E-state index in [9.17, 15) is 39.5 Å². The fourth-order valence-corrected chi connectivity index (χ4v) is 9.06. The molecule has 0 radical (unpaired) electrons.